The van der Waals surface area contributed by atoms with Gasteiger partial charge in [0.05, 0.1) is 4.90 Å². The van der Waals surface area contributed by atoms with Crippen molar-refractivity contribution in [3.05, 3.63) is 66.2 Å². The molecule has 1 fully saturated rings. The molecule has 1 aromatic heterocycles. The number of oxazole rings is 1. The maximum atomic E-state index is 13.2. The second kappa shape index (κ2) is 7.65. The molecule has 1 atom stereocenters. The number of benzene rings is 2. The predicted octanol–water partition coefficient (Wildman–Crippen LogP) is 3.86. The number of hydrogen-bond donors (Lipinski definition) is 0. The van der Waals surface area contributed by atoms with Gasteiger partial charge >= 0.3 is 0 Å². The second-order valence-electron chi connectivity index (χ2n) is 7.52. The minimum Gasteiger partial charge on any atom is -0.449 e. The topological polar surface area (TPSA) is 66.7 Å². The molecule has 0 N–H and O–H groups in total. The van der Waals surface area contributed by atoms with E-state index in [-0.39, 0.29) is 6.04 Å². The Hall–Kier alpha value is -2.64. The molecular weight excluding hydrogens is 386 g/mol. The Morgan fingerprint density at radius 1 is 1.07 bits per heavy atom. The summed E-state index contributed by atoms with van der Waals surface area (Å²) in [6.07, 6.45) is 1.57. The highest BCUT2D eigenvalue weighted by Gasteiger charge is 2.32. The van der Waals surface area contributed by atoms with Crippen molar-refractivity contribution in [3.8, 4) is 11.3 Å². The van der Waals surface area contributed by atoms with Gasteiger partial charge in [-0.05, 0) is 43.7 Å². The minimum atomic E-state index is -3.54. The van der Waals surface area contributed by atoms with Crippen LogP contribution in [0.25, 0.3) is 11.3 Å². The zero-order valence-electron chi connectivity index (χ0n) is 16.9. The van der Waals surface area contributed by atoms with Gasteiger partial charge in [-0.2, -0.15) is 4.31 Å². The fourth-order valence-corrected chi connectivity index (χ4v) is 5.29. The van der Waals surface area contributed by atoms with Crippen molar-refractivity contribution in [2.45, 2.75) is 31.7 Å². The fourth-order valence-electron chi connectivity index (χ4n) is 3.78. The maximum Gasteiger partial charge on any atom is 0.243 e. The van der Waals surface area contributed by atoms with E-state index in [1.165, 1.54) is 5.56 Å². The van der Waals surface area contributed by atoms with Crippen LogP contribution in [-0.4, -0.2) is 43.4 Å². The molecule has 2 aromatic carbocycles. The minimum absolute atomic E-state index is 0.0951. The first kappa shape index (κ1) is 19.7. The molecule has 0 bridgehead atoms. The standard InChI is InChI=1S/C22H25N3O3S/c1-16-5-4-6-20(13-16)25-12-11-24(14-17(25)2)29(26,27)21-9-7-19(8-10-21)22-15-28-18(3)23-22/h4-10,13,15,17H,11-12,14H2,1-3H3/t17-/m0/s1. The average molecular weight is 412 g/mol. The van der Waals surface area contributed by atoms with Gasteiger partial charge in [0, 0.05) is 43.9 Å². The molecule has 1 aliphatic rings. The normalized spacial score (nSPS) is 18.2. The van der Waals surface area contributed by atoms with E-state index in [2.05, 4.69) is 41.9 Å². The third-order valence-corrected chi connectivity index (χ3v) is 7.21. The molecule has 0 unspecified atom stereocenters. The molecule has 1 aliphatic heterocycles. The van der Waals surface area contributed by atoms with E-state index >= 15 is 0 Å². The highest BCUT2D eigenvalue weighted by Crippen LogP contribution is 2.26. The first-order valence-corrected chi connectivity index (χ1v) is 11.1. The number of rotatable bonds is 4. The lowest BCUT2D eigenvalue weighted by Crippen LogP contribution is -2.53. The van der Waals surface area contributed by atoms with Gasteiger partial charge in [-0.15, -0.1) is 0 Å². The van der Waals surface area contributed by atoms with Crippen molar-refractivity contribution < 1.29 is 12.8 Å². The summed E-state index contributed by atoms with van der Waals surface area (Å²) in [7, 11) is -3.54. The molecule has 0 saturated carbocycles. The summed E-state index contributed by atoms with van der Waals surface area (Å²) in [5.41, 5.74) is 3.87. The molecule has 4 rings (SSSR count). The van der Waals surface area contributed by atoms with Crippen molar-refractivity contribution in [2.75, 3.05) is 24.5 Å². The van der Waals surface area contributed by atoms with E-state index in [1.54, 1.807) is 41.8 Å². The SMILES string of the molecule is Cc1cccc(N2CCN(S(=O)(=O)c3ccc(-c4coc(C)n4)cc3)C[C@@H]2C)c1. The number of aryl methyl sites for hydroxylation is 2. The fraction of sp³-hybridized carbons (Fsp3) is 0.318. The van der Waals surface area contributed by atoms with Gasteiger partial charge in [-0.3, -0.25) is 0 Å². The van der Waals surface area contributed by atoms with Crippen molar-refractivity contribution in [3.63, 3.8) is 0 Å². The Bertz CT molecular complexity index is 1110. The lowest BCUT2D eigenvalue weighted by Gasteiger charge is -2.40. The Morgan fingerprint density at radius 2 is 1.83 bits per heavy atom. The molecule has 29 heavy (non-hydrogen) atoms. The number of aromatic nitrogens is 1. The van der Waals surface area contributed by atoms with Crippen LogP contribution in [0.2, 0.25) is 0 Å². The zero-order chi connectivity index (χ0) is 20.6. The molecule has 0 spiro atoms. The molecule has 0 amide bonds. The quantitative estimate of drug-likeness (QED) is 0.652. The molecular formula is C22H25N3O3S. The van der Waals surface area contributed by atoms with Gasteiger partial charge in [0.1, 0.15) is 12.0 Å². The van der Waals surface area contributed by atoms with Gasteiger partial charge in [-0.25, -0.2) is 13.4 Å². The number of sulfonamides is 1. The van der Waals surface area contributed by atoms with E-state index in [4.69, 9.17) is 4.42 Å². The van der Waals surface area contributed by atoms with Crippen LogP contribution < -0.4 is 4.90 Å². The summed E-state index contributed by atoms with van der Waals surface area (Å²) in [6, 6.07) is 15.3. The van der Waals surface area contributed by atoms with E-state index in [0.29, 0.717) is 36.1 Å². The largest absolute Gasteiger partial charge is 0.449 e. The van der Waals surface area contributed by atoms with E-state index in [1.807, 2.05) is 6.07 Å². The summed E-state index contributed by atoms with van der Waals surface area (Å²) >= 11 is 0. The molecule has 0 radical (unpaired) electrons. The molecule has 1 saturated heterocycles. The number of piperazine rings is 1. The Balaban J connectivity index is 1.51. The molecule has 3 aromatic rings. The van der Waals surface area contributed by atoms with Gasteiger partial charge in [-0.1, -0.05) is 24.3 Å². The summed E-state index contributed by atoms with van der Waals surface area (Å²) in [6.45, 7) is 7.50. The van der Waals surface area contributed by atoms with Crippen LogP contribution >= 0.6 is 0 Å². The number of hydrogen-bond acceptors (Lipinski definition) is 5. The van der Waals surface area contributed by atoms with Crippen LogP contribution in [-0.2, 0) is 10.0 Å². The van der Waals surface area contributed by atoms with Gasteiger partial charge in [0.2, 0.25) is 10.0 Å². The first-order chi connectivity index (χ1) is 13.8. The number of nitrogens with zero attached hydrogens (tertiary/aromatic N) is 3. The van der Waals surface area contributed by atoms with Crippen molar-refractivity contribution in [2.24, 2.45) is 0 Å². The first-order valence-electron chi connectivity index (χ1n) is 9.70. The van der Waals surface area contributed by atoms with Crippen molar-refractivity contribution >= 4 is 15.7 Å². The van der Waals surface area contributed by atoms with Crippen LogP contribution in [0.5, 0.6) is 0 Å². The average Bonchev–Trinajstić information content (AvgIpc) is 3.14. The molecule has 7 heteroatoms. The molecule has 152 valence electrons. The molecule has 2 heterocycles. The Labute approximate surface area is 171 Å². The smallest absolute Gasteiger partial charge is 0.243 e. The monoisotopic (exact) mass is 411 g/mol. The second-order valence-corrected chi connectivity index (χ2v) is 9.46. The highest BCUT2D eigenvalue weighted by atomic mass is 32.2. The third kappa shape index (κ3) is 3.93. The van der Waals surface area contributed by atoms with Crippen LogP contribution in [0.15, 0.2) is 64.1 Å². The lowest BCUT2D eigenvalue weighted by molar-refractivity contribution is 0.342. The molecule has 6 nitrogen and oxygen atoms in total. The summed E-state index contributed by atoms with van der Waals surface area (Å²) in [5.74, 6) is 0.581. The number of anilines is 1. The summed E-state index contributed by atoms with van der Waals surface area (Å²) in [5, 5.41) is 0. The van der Waals surface area contributed by atoms with Crippen LogP contribution in [0.1, 0.15) is 18.4 Å². The van der Waals surface area contributed by atoms with Crippen molar-refractivity contribution in [1.82, 2.24) is 9.29 Å². The van der Waals surface area contributed by atoms with Crippen LogP contribution in [0.3, 0.4) is 0 Å². The van der Waals surface area contributed by atoms with E-state index < -0.39 is 10.0 Å². The zero-order valence-corrected chi connectivity index (χ0v) is 17.7. The van der Waals surface area contributed by atoms with Crippen molar-refractivity contribution in [1.29, 1.82) is 0 Å². The van der Waals surface area contributed by atoms with Crippen LogP contribution in [0, 0.1) is 13.8 Å². The third-order valence-electron chi connectivity index (χ3n) is 5.33. The summed E-state index contributed by atoms with van der Waals surface area (Å²) < 4.78 is 33.1. The van der Waals surface area contributed by atoms with E-state index in [0.717, 1.165) is 11.3 Å². The highest BCUT2D eigenvalue weighted by molar-refractivity contribution is 7.89. The Morgan fingerprint density at radius 3 is 2.45 bits per heavy atom. The van der Waals surface area contributed by atoms with Crippen LogP contribution in [0.4, 0.5) is 5.69 Å². The maximum absolute atomic E-state index is 13.2. The predicted molar refractivity (Wildman–Crippen MR) is 113 cm³/mol. The Kier molecular flexibility index (Phi) is 5.19. The van der Waals surface area contributed by atoms with E-state index in [9.17, 15) is 8.42 Å². The molecule has 0 aliphatic carbocycles. The van der Waals surface area contributed by atoms with Gasteiger partial charge in [0.25, 0.3) is 0 Å². The summed E-state index contributed by atoms with van der Waals surface area (Å²) in [4.78, 5) is 6.86. The van der Waals surface area contributed by atoms with Gasteiger partial charge in [0.15, 0.2) is 5.89 Å². The van der Waals surface area contributed by atoms with Gasteiger partial charge < -0.3 is 9.32 Å². The lowest BCUT2D eigenvalue weighted by atomic mass is 10.1.